The van der Waals surface area contributed by atoms with Gasteiger partial charge in [0.2, 0.25) is 5.91 Å². The minimum Gasteiger partial charge on any atom is -0.337 e. The number of carbonyl (C=O) groups excluding carboxylic acids is 1. The van der Waals surface area contributed by atoms with Crippen molar-refractivity contribution in [3.05, 3.63) is 17.0 Å². The van der Waals surface area contributed by atoms with E-state index >= 15 is 0 Å². The van der Waals surface area contributed by atoms with Gasteiger partial charge >= 0.3 is 0 Å². The zero-order valence-electron chi connectivity index (χ0n) is 14.9. The van der Waals surface area contributed by atoms with Crippen molar-refractivity contribution in [2.75, 3.05) is 26.2 Å². The van der Waals surface area contributed by atoms with Gasteiger partial charge in [-0.2, -0.15) is 4.31 Å². The van der Waals surface area contributed by atoms with Gasteiger partial charge in [0, 0.05) is 43.1 Å². The fraction of sp³-hybridized carbons (Fsp3) is 0.706. The summed E-state index contributed by atoms with van der Waals surface area (Å²) in [6.45, 7) is 6.84. The molecule has 1 N–H and O–H groups in total. The molecular weight excluding hydrogens is 358 g/mol. The second kappa shape index (κ2) is 7.73. The third-order valence-electron chi connectivity index (χ3n) is 5.23. The molecule has 25 heavy (non-hydrogen) atoms. The fourth-order valence-electron chi connectivity index (χ4n) is 3.48. The van der Waals surface area contributed by atoms with E-state index in [0.29, 0.717) is 23.8 Å². The number of nitrogens with zero attached hydrogens (tertiary/aromatic N) is 2. The van der Waals surface area contributed by atoms with Crippen LogP contribution >= 0.6 is 11.3 Å². The number of carbonyl (C=O) groups is 1. The maximum absolute atomic E-state index is 12.7. The first-order valence-electron chi connectivity index (χ1n) is 9.01. The summed E-state index contributed by atoms with van der Waals surface area (Å²) < 4.78 is 27.4. The summed E-state index contributed by atoms with van der Waals surface area (Å²) >= 11 is 1.24. The maximum atomic E-state index is 12.7. The van der Waals surface area contributed by atoms with Crippen molar-refractivity contribution in [3.8, 4) is 0 Å². The normalized spacial score (nSPS) is 25.9. The average molecular weight is 386 g/mol. The summed E-state index contributed by atoms with van der Waals surface area (Å²) in [6.07, 6.45) is 3.22. The topological polar surface area (TPSA) is 69.7 Å². The molecule has 6 nitrogen and oxygen atoms in total. The number of thiophene rings is 1. The van der Waals surface area contributed by atoms with E-state index in [0.717, 1.165) is 30.7 Å². The van der Waals surface area contributed by atoms with Gasteiger partial charge in [-0.3, -0.25) is 4.79 Å². The van der Waals surface area contributed by atoms with Gasteiger partial charge < -0.3 is 10.2 Å². The van der Waals surface area contributed by atoms with Crippen molar-refractivity contribution in [2.24, 2.45) is 0 Å². The molecule has 0 saturated carbocycles. The predicted molar refractivity (Wildman–Crippen MR) is 99.3 cm³/mol. The Morgan fingerprint density at radius 1 is 1.20 bits per heavy atom. The second-order valence-corrected chi connectivity index (χ2v) is 10.3. The Morgan fingerprint density at radius 3 is 2.64 bits per heavy atom. The molecule has 2 atom stereocenters. The first-order chi connectivity index (χ1) is 11.9. The summed E-state index contributed by atoms with van der Waals surface area (Å²) in [6, 6.07) is 3.87. The lowest BCUT2D eigenvalue weighted by atomic mass is 10.1. The number of amides is 1. The minimum atomic E-state index is -3.40. The van der Waals surface area contributed by atoms with E-state index in [4.69, 9.17) is 0 Å². The van der Waals surface area contributed by atoms with Gasteiger partial charge in [0.25, 0.3) is 10.0 Å². The van der Waals surface area contributed by atoms with Crippen LogP contribution in [0.4, 0.5) is 0 Å². The van der Waals surface area contributed by atoms with Gasteiger partial charge in [0.05, 0.1) is 6.42 Å². The molecule has 2 unspecified atom stereocenters. The Labute approximate surface area is 154 Å². The number of sulfonamides is 1. The summed E-state index contributed by atoms with van der Waals surface area (Å²) in [4.78, 5) is 15.4. The van der Waals surface area contributed by atoms with Crippen molar-refractivity contribution in [2.45, 2.75) is 55.8 Å². The molecule has 2 aliphatic rings. The molecule has 140 valence electrons. The summed E-state index contributed by atoms with van der Waals surface area (Å²) in [5.74, 6) is 0.0737. The van der Waals surface area contributed by atoms with Crippen molar-refractivity contribution in [1.82, 2.24) is 14.5 Å². The lowest BCUT2D eigenvalue weighted by molar-refractivity contribution is -0.134. The van der Waals surface area contributed by atoms with Gasteiger partial charge in [-0.1, -0.05) is 6.42 Å². The fourth-order valence-corrected chi connectivity index (χ4v) is 6.50. The van der Waals surface area contributed by atoms with E-state index in [2.05, 4.69) is 19.2 Å². The lowest BCUT2D eigenvalue weighted by Crippen LogP contribution is -2.57. The van der Waals surface area contributed by atoms with E-state index in [1.165, 1.54) is 11.3 Å². The number of hydrogen-bond acceptors (Lipinski definition) is 5. The van der Waals surface area contributed by atoms with E-state index < -0.39 is 10.0 Å². The van der Waals surface area contributed by atoms with Crippen molar-refractivity contribution >= 4 is 27.3 Å². The Balaban J connectivity index is 1.68. The van der Waals surface area contributed by atoms with Gasteiger partial charge in [-0.25, -0.2) is 8.42 Å². The van der Waals surface area contributed by atoms with E-state index in [1.807, 2.05) is 4.90 Å². The molecule has 8 heteroatoms. The smallest absolute Gasteiger partial charge is 0.252 e. The Morgan fingerprint density at radius 2 is 1.92 bits per heavy atom. The maximum Gasteiger partial charge on any atom is 0.252 e. The van der Waals surface area contributed by atoms with E-state index in [1.54, 1.807) is 16.4 Å². The molecule has 3 heterocycles. The molecule has 0 bridgehead atoms. The molecule has 2 fully saturated rings. The first-order valence-corrected chi connectivity index (χ1v) is 11.3. The molecular formula is C17H27N3O3S2. The zero-order valence-corrected chi connectivity index (χ0v) is 16.5. The van der Waals surface area contributed by atoms with Crippen LogP contribution in [0.25, 0.3) is 0 Å². The van der Waals surface area contributed by atoms with Gasteiger partial charge in [-0.15, -0.1) is 11.3 Å². The molecule has 0 spiro atoms. The third kappa shape index (κ3) is 4.07. The average Bonchev–Trinajstić information content (AvgIpc) is 3.07. The molecule has 1 aromatic rings. The van der Waals surface area contributed by atoms with Crippen LogP contribution in [0.5, 0.6) is 0 Å². The highest BCUT2D eigenvalue weighted by Crippen LogP contribution is 2.27. The summed E-state index contributed by atoms with van der Waals surface area (Å²) in [5, 5.41) is 3.36. The van der Waals surface area contributed by atoms with Gasteiger partial charge in [0.1, 0.15) is 4.21 Å². The molecule has 0 aliphatic carbocycles. The molecule has 3 rings (SSSR count). The number of piperazine rings is 1. The Hall–Kier alpha value is -0.960. The molecule has 2 aliphatic heterocycles. The SMILES string of the molecule is CC1NCCN(C(=O)Cc2ccc(S(=O)(=O)N3CCCCC3)s2)C1C. The highest BCUT2D eigenvalue weighted by molar-refractivity contribution is 7.91. The number of nitrogens with one attached hydrogen (secondary N) is 1. The van der Waals surface area contributed by atoms with Crippen molar-refractivity contribution < 1.29 is 13.2 Å². The standard InChI is InChI=1S/C17H27N3O3S2/c1-13-14(2)20(11-8-18-13)16(21)12-15-6-7-17(24-15)25(22,23)19-9-4-3-5-10-19/h6-7,13-14,18H,3-5,8-12H2,1-2H3. The Bertz CT molecular complexity index is 710. The van der Waals surface area contributed by atoms with Crippen LogP contribution in [-0.2, 0) is 21.2 Å². The third-order valence-corrected chi connectivity index (χ3v) is 8.68. The van der Waals surface area contributed by atoms with Crippen LogP contribution in [0.15, 0.2) is 16.3 Å². The first kappa shape index (κ1) is 18.8. The number of hydrogen-bond donors (Lipinski definition) is 1. The van der Waals surface area contributed by atoms with E-state index in [-0.39, 0.29) is 24.4 Å². The van der Waals surface area contributed by atoms with Crippen LogP contribution in [0.2, 0.25) is 0 Å². The minimum absolute atomic E-state index is 0.0737. The molecule has 1 amide bonds. The molecule has 0 radical (unpaired) electrons. The quantitative estimate of drug-likeness (QED) is 0.856. The molecule has 1 aromatic heterocycles. The van der Waals surface area contributed by atoms with Crippen LogP contribution in [0, 0.1) is 0 Å². The lowest BCUT2D eigenvalue weighted by Gasteiger charge is -2.38. The van der Waals surface area contributed by atoms with Crippen LogP contribution in [0.1, 0.15) is 38.0 Å². The number of rotatable bonds is 4. The van der Waals surface area contributed by atoms with Crippen molar-refractivity contribution in [1.29, 1.82) is 0 Å². The molecule has 2 saturated heterocycles. The predicted octanol–water partition coefficient (Wildman–Crippen LogP) is 1.67. The second-order valence-electron chi connectivity index (χ2n) is 6.93. The highest BCUT2D eigenvalue weighted by Gasteiger charge is 2.30. The summed E-state index contributed by atoms with van der Waals surface area (Å²) in [7, 11) is -3.40. The van der Waals surface area contributed by atoms with Gasteiger partial charge in [0.15, 0.2) is 0 Å². The number of piperidine rings is 1. The van der Waals surface area contributed by atoms with Crippen LogP contribution in [-0.4, -0.2) is 61.8 Å². The van der Waals surface area contributed by atoms with Gasteiger partial charge in [-0.05, 0) is 38.8 Å². The highest BCUT2D eigenvalue weighted by atomic mass is 32.2. The molecule has 0 aromatic carbocycles. The monoisotopic (exact) mass is 385 g/mol. The summed E-state index contributed by atoms with van der Waals surface area (Å²) in [5.41, 5.74) is 0. The largest absolute Gasteiger partial charge is 0.337 e. The zero-order chi connectivity index (χ0) is 18.0. The van der Waals surface area contributed by atoms with E-state index in [9.17, 15) is 13.2 Å². The van der Waals surface area contributed by atoms with Crippen LogP contribution < -0.4 is 5.32 Å². The van der Waals surface area contributed by atoms with Crippen LogP contribution in [0.3, 0.4) is 0 Å². The Kier molecular flexibility index (Phi) is 5.82. The van der Waals surface area contributed by atoms with Crippen molar-refractivity contribution in [3.63, 3.8) is 0 Å².